The number of benzene rings is 1. The number of piperidine rings is 1. The number of carbonyl (C=O) groups excluding carboxylic acids is 3. The maximum absolute atomic E-state index is 12.1. The predicted octanol–water partition coefficient (Wildman–Crippen LogP) is 1.11. The summed E-state index contributed by atoms with van der Waals surface area (Å²) in [6, 6.07) is 7.23. The summed E-state index contributed by atoms with van der Waals surface area (Å²) in [5, 5.41) is 0. The average Bonchev–Trinajstić information content (AvgIpc) is 3.07. The van der Waals surface area contributed by atoms with Gasteiger partial charge in [-0.15, -0.1) is 0 Å². The molecule has 2 amide bonds. The minimum absolute atomic E-state index is 0.268. The number of para-hydroxylation sites is 2. The average molecular weight is 357 g/mol. The Labute approximate surface area is 149 Å². The molecule has 0 radical (unpaired) electrons. The van der Waals surface area contributed by atoms with Crippen molar-refractivity contribution in [2.24, 2.45) is 11.7 Å². The van der Waals surface area contributed by atoms with Gasteiger partial charge in [-0.25, -0.2) is 9.78 Å². The number of fused-ring (bicyclic) bond motifs is 1. The van der Waals surface area contributed by atoms with Crippen molar-refractivity contribution in [3.8, 4) is 0 Å². The molecular formula is C18H19N3O5. The number of nitrogens with zero attached hydrogens (tertiary/aromatic N) is 2. The minimum Gasteiger partial charge on any atom is -0.452 e. The lowest BCUT2D eigenvalue weighted by molar-refractivity contribution is -0.149. The van der Waals surface area contributed by atoms with E-state index in [0.717, 1.165) is 6.08 Å². The standard InChI is InChI=1S/C18H19N3O5/c19-18(24)12-4-3-9-21(10-12)16(22)11-25-17(23)8-7-15-20-13-5-1-2-6-14(13)26-15/h1-2,5-8,12H,3-4,9-11H2,(H2,19,24)/b8-7+/t12-/m1/s1. The normalized spacial score (nSPS) is 17.5. The molecule has 2 heterocycles. The molecule has 26 heavy (non-hydrogen) atoms. The fraction of sp³-hybridized carbons (Fsp3) is 0.333. The van der Waals surface area contributed by atoms with E-state index in [4.69, 9.17) is 14.9 Å². The third-order valence-corrected chi connectivity index (χ3v) is 4.19. The molecular weight excluding hydrogens is 338 g/mol. The van der Waals surface area contributed by atoms with Crippen molar-refractivity contribution in [1.82, 2.24) is 9.88 Å². The van der Waals surface area contributed by atoms with Gasteiger partial charge in [-0.05, 0) is 25.0 Å². The number of hydrogen-bond donors (Lipinski definition) is 1. The first-order valence-electron chi connectivity index (χ1n) is 8.30. The topological polar surface area (TPSA) is 116 Å². The Kier molecular flexibility index (Phi) is 5.31. The van der Waals surface area contributed by atoms with E-state index in [1.807, 2.05) is 12.1 Å². The van der Waals surface area contributed by atoms with Crippen LogP contribution < -0.4 is 5.73 Å². The highest BCUT2D eigenvalue weighted by molar-refractivity contribution is 5.89. The molecule has 0 spiro atoms. The molecule has 0 unspecified atom stereocenters. The molecule has 0 aliphatic carbocycles. The molecule has 1 fully saturated rings. The van der Waals surface area contributed by atoms with E-state index >= 15 is 0 Å². The van der Waals surface area contributed by atoms with Gasteiger partial charge < -0.3 is 19.8 Å². The molecule has 8 nitrogen and oxygen atoms in total. The molecule has 0 saturated carbocycles. The van der Waals surface area contributed by atoms with Crippen LogP contribution in [0.25, 0.3) is 17.2 Å². The van der Waals surface area contributed by atoms with E-state index in [9.17, 15) is 14.4 Å². The molecule has 2 aromatic rings. The van der Waals surface area contributed by atoms with Crippen molar-refractivity contribution in [3.05, 3.63) is 36.2 Å². The molecule has 0 bridgehead atoms. The van der Waals surface area contributed by atoms with Gasteiger partial charge in [0.15, 0.2) is 12.2 Å². The zero-order chi connectivity index (χ0) is 18.5. The van der Waals surface area contributed by atoms with Gasteiger partial charge in [0.25, 0.3) is 5.91 Å². The number of amides is 2. The summed E-state index contributed by atoms with van der Waals surface area (Å²) >= 11 is 0. The van der Waals surface area contributed by atoms with Gasteiger partial charge in [0, 0.05) is 25.2 Å². The summed E-state index contributed by atoms with van der Waals surface area (Å²) in [5.74, 6) is -1.51. The van der Waals surface area contributed by atoms with E-state index in [1.54, 1.807) is 12.1 Å². The van der Waals surface area contributed by atoms with Gasteiger partial charge in [0.2, 0.25) is 11.8 Å². The highest BCUT2D eigenvalue weighted by Crippen LogP contribution is 2.17. The third kappa shape index (κ3) is 4.27. The van der Waals surface area contributed by atoms with Gasteiger partial charge in [-0.3, -0.25) is 9.59 Å². The zero-order valence-corrected chi connectivity index (χ0v) is 14.1. The Hall–Kier alpha value is -3.16. The van der Waals surface area contributed by atoms with Gasteiger partial charge in [-0.1, -0.05) is 12.1 Å². The second-order valence-electron chi connectivity index (χ2n) is 6.04. The van der Waals surface area contributed by atoms with Crippen molar-refractivity contribution in [2.75, 3.05) is 19.7 Å². The fourth-order valence-corrected chi connectivity index (χ4v) is 2.81. The van der Waals surface area contributed by atoms with Crippen molar-refractivity contribution in [3.63, 3.8) is 0 Å². The van der Waals surface area contributed by atoms with E-state index in [-0.39, 0.29) is 30.9 Å². The molecule has 1 saturated heterocycles. The van der Waals surface area contributed by atoms with Crippen LogP contribution in [0.2, 0.25) is 0 Å². The smallest absolute Gasteiger partial charge is 0.331 e. The first-order chi connectivity index (χ1) is 12.5. The number of primary amides is 1. The molecule has 2 N–H and O–H groups in total. The van der Waals surface area contributed by atoms with E-state index in [0.29, 0.717) is 30.5 Å². The first kappa shape index (κ1) is 17.7. The summed E-state index contributed by atoms with van der Waals surface area (Å²) in [4.78, 5) is 40.8. The van der Waals surface area contributed by atoms with Gasteiger partial charge in [0.1, 0.15) is 5.52 Å². The quantitative estimate of drug-likeness (QED) is 0.633. The second-order valence-corrected chi connectivity index (χ2v) is 6.04. The molecule has 1 aliphatic heterocycles. The molecule has 1 aromatic carbocycles. The summed E-state index contributed by atoms with van der Waals surface area (Å²) in [7, 11) is 0. The Morgan fingerprint density at radius 1 is 1.35 bits per heavy atom. The third-order valence-electron chi connectivity index (χ3n) is 4.19. The van der Waals surface area contributed by atoms with Crippen LogP contribution in [0.3, 0.4) is 0 Å². The van der Waals surface area contributed by atoms with Crippen molar-refractivity contribution in [1.29, 1.82) is 0 Å². The molecule has 1 aliphatic rings. The maximum Gasteiger partial charge on any atom is 0.331 e. The first-order valence-corrected chi connectivity index (χ1v) is 8.30. The largest absolute Gasteiger partial charge is 0.452 e. The van der Waals surface area contributed by atoms with Crippen molar-refractivity contribution < 1.29 is 23.5 Å². The van der Waals surface area contributed by atoms with Crippen LogP contribution in [0.1, 0.15) is 18.7 Å². The lowest BCUT2D eigenvalue weighted by atomic mass is 9.97. The van der Waals surface area contributed by atoms with Crippen LogP contribution in [-0.4, -0.2) is 47.4 Å². The number of likely N-dealkylation sites (tertiary alicyclic amines) is 1. The van der Waals surface area contributed by atoms with E-state index in [2.05, 4.69) is 4.98 Å². The Morgan fingerprint density at radius 2 is 2.15 bits per heavy atom. The lowest BCUT2D eigenvalue weighted by Crippen LogP contribution is -2.45. The summed E-state index contributed by atoms with van der Waals surface area (Å²) in [6.45, 7) is 0.408. The zero-order valence-electron chi connectivity index (χ0n) is 14.1. The van der Waals surface area contributed by atoms with Crippen LogP contribution in [-0.2, 0) is 19.1 Å². The second kappa shape index (κ2) is 7.81. The van der Waals surface area contributed by atoms with E-state index in [1.165, 1.54) is 11.0 Å². The van der Waals surface area contributed by atoms with Crippen LogP contribution in [0, 0.1) is 5.92 Å². The lowest BCUT2D eigenvalue weighted by Gasteiger charge is -2.30. The Balaban J connectivity index is 1.50. The molecule has 1 aromatic heterocycles. The Morgan fingerprint density at radius 3 is 2.92 bits per heavy atom. The highest BCUT2D eigenvalue weighted by Gasteiger charge is 2.27. The molecule has 8 heteroatoms. The van der Waals surface area contributed by atoms with Crippen LogP contribution in [0.5, 0.6) is 0 Å². The maximum atomic E-state index is 12.1. The number of carbonyl (C=O) groups is 3. The number of nitrogens with two attached hydrogens (primary N) is 1. The molecule has 1 atom stereocenters. The SMILES string of the molecule is NC(=O)[C@@H]1CCCN(C(=O)COC(=O)/C=C/c2nc3ccccc3o2)C1. The van der Waals surface area contributed by atoms with Gasteiger partial charge in [-0.2, -0.15) is 0 Å². The van der Waals surface area contributed by atoms with Crippen molar-refractivity contribution in [2.45, 2.75) is 12.8 Å². The highest BCUT2D eigenvalue weighted by atomic mass is 16.5. The monoisotopic (exact) mass is 357 g/mol. The predicted molar refractivity (Wildman–Crippen MR) is 92.5 cm³/mol. The number of ether oxygens (including phenoxy) is 1. The van der Waals surface area contributed by atoms with Crippen LogP contribution in [0.4, 0.5) is 0 Å². The summed E-state index contributed by atoms with van der Waals surface area (Å²) < 4.78 is 10.4. The van der Waals surface area contributed by atoms with Gasteiger partial charge in [0.05, 0.1) is 5.92 Å². The Bertz CT molecular complexity index is 824. The van der Waals surface area contributed by atoms with Crippen LogP contribution in [0.15, 0.2) is 34.8 Å². The number of hydrogen-bond acceptors (Lipinski definition) is 6. The van der Waals surface area contributed by atoms with E-state index < -0.39 is 11.9 Å². The number of oxazole rings is 1. The van der Waals surface area contributed by atoms with Crippen molar-refractivity contribution >= 4 is 35.0 Å². The number of aromatic nitrogens is 1. The minimum atomic E-state index is -0.677. The number of esters is 1. The fourth-order valence-electron chi connectivity index (χ4n) is 2.81. The number of rotatable bonds is 5. The van der Waals surface area contributed by atoms with Gasteiger partial charge >= 0.3 is 5.97 Å². The summed E-state index contributed by atoms with van der Waals surface area (Å²) in [6.07, 6.45) is 3.91. The molecule has 136 valence electrons. The summed E-state index contributed by atoms with van der Waals surface area (Å²) in [5.41, 5.74) is 6.59. The van der Waals surface area contributed by atoms with Crippen LogP contribution >= 0.6 is 0 Å². The molecule has 3 rings (SSSR count).